The van der Waals surface area contributed by atoms with E-state index in [0.29, 0.717) is 19.1 Å². The van der Waals surface area contributed by atoms with Crippen molar-refractivity contribution in [3.63, 3.8) is 0 Å². The Balaban J connectivity index is 2.18. The number of esters is 1. The molecule has 1 saturated carbocycles. The van der Waals surface area contributed by atoms with E-state index in [1.807, 2.05) is 0 Å². The van der Waals surface area contributed by atoms with Gasteiger partial charge in [0.1, 0.15) is 0 Å². The Labute approximate surface area is 97.4 Å². The molecule has 16 heavy (non-hydrogen) atoms. The Morgan fingerprint density at radius 1 is 1.56 bits per heavy atom. The van der Waals surface area contributed by atoms with Gasteiger partial charge in [0.2, 0.25) is 0 Å². The molecule has 0 spiro atoms. The van der Waals surface area contributed by atoms with Crippen LogP contribution < -0.4 is 5.32 Å². The molecule has 4 nitrogen and oxygen atoms in total. The molecule has 1 fully saturated rings. The second-order valence-corrected chi connectivity index (χ2v) is 5.04. The molecular formula is C12H23NO3. The zero-order chi connectivity index (χ0) is 12.2. The highest BCUT2D eigenvalue weighted by molar-refractivity contribution is 5.69. The molecule has 0 aromatic carbocycles. The maximum absolute atomic E-state index is 11.1. The normalized spacial score (nSPS) is 18.2. The van der Waals surface area contributed by atoms with E-state index in [4.69, 9.17) is 4.74 Å². The third kappa shape index (κ3) is 4.49. The molecular weight excluding hydrogens is 206 g/mol. The fourth-order valence-corrected chi connectivity index (χ4v) is 1.81. The van der Waals surface area contributed by atoms with Gasteiger partial charge in [-0.15, -0.1) is 0 Å². The van der Waals surface area contributed by atoms with Crippen LogP contribution in [0, 0.1) is 5.92 Å². The molecule has 1 unspecified atom stereocenters. The minimum absolute atomic E-state index is 0.0651. The minimum atomic E-state index is -0.655. The van der Waals surface area contributed by atoms with E-state index in [0.717, 1.165) is 0 Å². The summed E-state index contributed by atoms with van der Waals surface area (Å²) < 4.78 is 4.78. The van der Waals surface area contributed by atoms with Gasteiger partial charge in [-0.1, -0.05) is 0 Å². The second-order valence-electron chi connectivity index (χ2n) is 5.04. The summed E-state index contributed by atoms with van der Waals surface area (Å²) in [5.74, 6) is 0.378. The van der Waals surface area contributed by atoms with Gasteiger partial charge in [0.15, 0.2) is 0 Å². The Morgan fingerprint density at radius 3 is 2.69 bits per heavy atom. The van der Waals surface area contributed by atoms with Gasteiger partial charge in [-0.25, -0.2) is 0 Å². The Kier molecular flexibility index (Phi) is 4.74. The molecule has 2 N–H and O–H groups in total. The lowest BCUT2D eigenvalue weighted by Crippen LogP contribution is -2.45. The van der Waals surface area contributed by atoms with Gasteiger partial charge >= 0.3 is 5.97 Å². The average Bonchev–Trinajstić information content (AvgIpc) is 2.98. The zero-order valence-corrected chi connectivity index (χ0v) is 10.5. The summed E-state index contributed by atoms with van der Waals surface area (Å²) >= 11 is 0. The van der Waals surface area contributed by atoms with Crippen molar-refractivity contribution in [3.05, 3.63) is 0 Å². The van der Waals surface area contributed by atoms with Crippen LogP contribution in [0.15, 0.2) is 0 Å². The van der Waals surface area contributed by atoms with E-state index >= 15 is 0 Å². The quantitative estimate of drug-likeness (QED) is 0.641. The number of nitrogens with one attached hydrogen (secondary N) is 1. The molecule has 0 radical (unpaired) electrons. The Morgan fingerprint density at radius 2 is 2.19 bits per heavy atom. The van der Waals surface area contributed by atoms with Crippen molar-refractivity contribution in [2.45, 2.75) is 51.7 Å². The predicted octanol–water partition coefficient (Wildman–Crippen LogP) is 1.08. The first-order chi connectivity index (χ1) is 7.45. The second kappa shape index (κ2) is 5.64. The van der Waals surface area contributed by atoms with E-state index in [-0.39, 0.29) is 17.9 Å². The lowest BCUT2D eigenvalue weighted by molar-refractivity contribution is -0.145. The van der Waals surface area contributed by atoms with Gasteiger partial charge in [-0.05, 0) is 39.5 Å². The number of β-amino-alcohol motifs (C(OH)–C–C–N with tert-alkyl or cyclic N) is 1. The smallest absolute Gasteiger partial charge is 0.308 e. The van der Waals surface area contributed by atoms with Crippen LogP contribution in [0.2, 0.25) is 0 Å². The van der Waals surface area contributed by atoms with Crippen LogP contribution in [0.5, 0.6) is 0 Å². The molecule has 0 aromatic heterocycles. The van der Waals surface area contributed by atoms with E-state index in [2.05, 4.69) is 19.2 Å². The number of ether oxygens (including phenoxy) is 1. The van der Waals surface area contributed by atoms with Gasteiger partial charge < -0.3 is 15.2 Å². The maximum Gasteiger partial charge on any atom is 0.308 e. The van der Waals surface area contributed by atoms with Crippen molar-refractivity contribution in [1.29, 1.82) is 0 Å². The summed E-state index contributed by atoms with van der Waals surface area (Å²) in [5.41, 5.74) is 0.0651. The molecule has 0 saturated heterocycles. The number of rotatable bonds is 7. The van der Waals surface area contributed by atoms with Crippen molar-refractivity contribution in [3.8, 4) is 0 Å². The third-order valence-electron chi connectivity index (χ3n) is 3.10. The number of hydrogen-bond donors (Lipinski definition) is 2. The van der Waals surface area contributed by atoms with E-state index < -0.39 is 6.10 Å². The number of aliphatic hydroxyl groups is 1. The van der Waals surface area contributed by atoms with Crippen molar-refractivity contribution in [2.75, 3.05) is 13.2 Å². The van der Waals surface area contributed by atoms with Gasteiger partial charge in [0.25, 0.3) is 0 Å². The van der Waals surface area contributed by atoms with E-state index in [1.165, 1.54) is 12.8 Å². The monoisotopic (exact) mass is 229 g/mol. The average molecular weight is 229 g/mol. The van der Waals surface area contributed by atoms with Gasteiger partial charge in [-0.3, -0.25) is 4.79 Å². The fraction of sp³-hybridized carbons (Fsp3) is 0.917. The van der Waals surface area contributed by atoms with E-state index in [1.54, 1.807) is 6.92 Å². The highest BCUT2D eigenvalue weighted by atomic mass is 16.5. The van der Waals surface area contributed by atoms with Gasteiger partial charge in [0, 0.05) is 12.1 Å². The standard InChI is InChI=1S/C12H23NO3/c1-4-16-11(15)7-10(14)8-13-12(2,3)9-5-6-9/h9-10,13-14H,4-8H2,1-3H3. The number of hydrogen-bond acceptors (Lipinski definition) is 4. The molecule has 1 rings (SSSR count). The van der Waals surface area contributed by atoms with Crippen LogP contribution in [0.1, 0.15) is 40.0 Å². The summed E-state index contributed by atoms with van der Waals surface area (Å²) in [5, 5.41) is 13.0. The first-order valence-corrected chi connectivity index (χ1v) is 6.04. The minimum Gasteiger partial charge on any atom is -0.466 e. The van der Waals surface area contributed by atoms with E-state index in [9.17, 15) is 9.90 Å². The van der Waals surface area contributed by atoms with Crippen LogP contribution in [-0.4, -0.2) is 35.9 Å². The molecule has 1 aliphatic carbocycles. The first kappa shape index (κ1) is 13.5. The predicted molar refractivity (Wildman–Crippen MR) is 62.1 cm³/mol. The molecule has 94 valence electrons. The summed E-state index contributed by atoms with van der Waals surface area (Å²) in [6.45, 7) is 6.86. The van der Waals surface area contributed by atoms with Crippen molar-refractivity contribution >= 4 is 5.97 Å². The summed E-state index contributed by atoms with van der Waals surface area (Å²) in [6, 6.07) is 0. The van der Waals surface area contributed by atoms with Crippen LogP contribution >= 0.6 is 0 Å². The highest BCUT2D eigenvalue weighted by Crippen LogP contribution is 2.39. The van der Waals surface area contributed by atoms with Crippen LogP contribution in [0.4, 0.5) is 0 Å². The third-order valence-corrected chi connectivity index (χ3v) is 3.10. The molecule has 0 bridgehead atoms. The molecule has 0 amide bonds. The fourth-order valence-electron chi connectivity index (χ4n) is 1.81. The van der Waals surface area contributed by atoms with Crippen LogP contribution in [0.25, 0.3) is 0 Å². The molecule has 1 aliphatic rings. The van der Waals surface area contributed by atoms with Crippen molar-refractivity contribution in [2.24, 2.45) is 5.92 Å². The Hall–Kier alpha value is -0.610. The SMILES string of the molecule is CCOC(=O)CC(O)CNC(C)(C)C1CC1. The molecule has 0 aromatic rings. The summed E-state index contributed by atoms with van der Waals surface area (Å²) in [4.78, 5) is 11.1. The highest BCUT2D eigenvalue weighted by Gasteiger charge is 2.37. The van der Waals surface area contributed by atoms with Crippen LogP contribution in [-0.2, 0) is 9.53 Å². The molecule has 0 heterocycles. The lowest BCUT2D eigenvalue weighted by Gasteiger charge is -2.27. The largest absolute Gasteiger partial charge is 0.466 e. The van der Waals surface area contributed by atoms with Crippen molar-refractivity contribution in [1.82, 2.24) is 5.32 Å². The first-order valence-electron chi connectivity index (χ1n) is 6.04. The number of carbonyl (C=O) groups is 1. The zero-order valence-electron chi connectivity index (χ0n) is 10.5. The Bertz CT molecular complexity index is 236. The lowest BCUT2D eigenvalue weighted by atomic mass is 9.98. The molecule has 4 heteroatoms. The molecule has 0 aliphatic heterocycles. The van der Waals surface area contributed by atoms with Gasteiger partial charge in [-0.2, -0.15) is 0 Å². The maximum atomic E-state index is 11.1. The number of carbonyl (C=O) groups excluding carboxylic acids is 1. The molecule has 1 atom stereocenters. The summed E-state index contributed by atoms with van der Waals surface area (Å²) in [6.07, 6.45) is 1.93. The van der Waals surface area contributed by atoms with Gasteiger partial charge in [0.05, 0.1) is 19.1 Å². The van der Waals surface area contributed by atoms with Crippen LogP contribution in [0.3, 0.4) is 0 Å². The topological polar surface area (TPSA) is 58.6 Å². The summed E-state index contributed by atoms with van der Waals surface area (Å²) in [7, 11) is 0. The number of aliphatic hydroxyl groups excluding tert-OH is 1. The van der Waals surface area contributed by atoms with Crippen molar-refractivity contribution < 1.29 is 14.6 Å².